The molecule has 0 saturated heterocycles. The molecule has 1 heterocycles. The summed E-state index contributed by atoms with van der Waals surface area (Å²) in [5.74, 6) is 3.67. The largest absolute Gasteiger partial charge is 0.350 e. The molecule has 0 unspecified atom stereocenters. The normalized spacial score (nSPS) is 11.4. The van der Waals surface area contributed by atoms with E-state index in [9.17, 15) is 0 Å². The third-order valence-electron chi connectivity index (χ3n) is 2.15. The summed E-state index contributed by atoms with van der Waals surface area (Å²) in [6.45, 7) is 5.41. The van der Waals surface area contributed by atoms with Gasteiger partial charge in [-0.25, -0.2) is 4.98 Å². The van der Waals surface area contributed by atoms with Gasteiger partial charge in [-0.15, -0.1) is 17.8 Å². The second kappa shape index (κ2) is 6.92. The van der Waals surface area contributed by atoms with E-state index in [1.54, 1.807) is 18.4 Å². The van der Waals surface area contributed by atoms with Gasteiger partial charge in [0.2, 0.25) is 0 Å². The Labute approximate surface area is 107 Å². The third kappa shape index (κ3) is 4.45. The molecular weight excluding hydrogens is 232 g/mol. The fourth-order valence-electron chi connectivity index (χ4n) is 1.19. The number of aromatic nitrogens is 1. The first-order valence-corrected chi connectivity index (χ1v) is 6.37. The summed E-state index contributed by atoms with van der Waals surface area (Å²) in [6, 6.07) is 0. The van der Waals surface area contributed by atoms with Crippen molar-refractivity contribution >= 4 is 17.3 Å². The number of guanidine groups is 1. The van der Waals surface area contributed by atoms with Crippen LogP contribution in [0.1, 0.15) is 30.5 Å². The van der Waals surface area contributed by atoms with Gasteiger partial charge in [-0.1, -0.05) is 19.8 Å². The van der Waals surface area contributed by atoms with Gasteiger partial charge in [-0.2, -0.15) is 0 Å². The highest BCUT2D eigenvalue weighted by Crippen LogP contribution is 2.17. The number of aliphatic imine (C=N–C) groups is 1. The van der Waals surface area contributed by atoms with Crippen LogP contribution in [-0.2, 0) is 6.54 Å². The lowest BCUT2D eigenvalue weighted by Gasteiger charge is -2.07. The maximum Gasteiger partial charge on any atom is 0.192 e. The minimum absolute atomic E-state index is 0.467. The van der Waals surface area contributed by atoms with E-state index < -0.39 is 0 Å². The van der Waals surface area contributed by atoms with E-state index in [4.69, 9.17) is 6.42 Å². The van der Waals surface area contributed by atoms with Crippen molar-refractivity contribution in [3.05, 3.63) is 16.1 Å². The van der Waals surface area contributed by atoms with E-state index in [0.717, 1.165) is 10.7 Å². The molecular formula is C12H18N4S. The predicted octanol–water partition coefficient (Wildman–Crippen LogP) is 1.56. The number of nitrogens with zero attached hydrogens (tertiary/aromatic N) is 2. The van der Waals surface area contributed by atoms with Gasteiger partial charge in [0.1, 0.15) is 5.01 Å². The Balaban J connectivity index is 2.46. The molecule has 0 atom stereocenters. The second-order valence-electron chi connectivity index (χ2n) is 3.80. The van der Waals surface area contributed by atoms with Crippen LogP contribution in [-0.4, -0.2) is 24.5 Å². The number of hydrogen-bond donors (Lipinski definition) is 2. The topological polar surface area (TPSA) is 49.3 Å². The molecule has 92 valence electrons. The summed E-state index contributed by atoms with van der Waals surface area (Å²) in [4.78, 5) is 8.59. The second-order valence-corrected chi connectivity index (χ2v) is 4.75. The average molecular weight is 250 g/mol. The number of terminal acetylenes is 1. The van der Waals surface area contributed by atoms with Gasteiger partial charge in [-0.05, 0) is 5.92 Å². The van der Waals surface area contributed by atoms with Crippen LogP contribution in [0.5, 0.6) is 0 Å². The molecule has 1 rings (SSSR count). The highest BCUT2D eigenvalue weighted by atomic mass is 32.1. The maximum atomic E-state index is 5.17. The van der Waals surface area contributed by atoms with E-state index in [0.29, 0.717) is 25.0 Å². The summed E-state index contributed by atoms with van der Waals surface area (Å²) in [5, 5.41) is 9.31. The highest BCUT2D eigenvalue weighted by Gasteiger charge is 2.05. The monoisotopic (exact) mass is 250 g/mol. The molecule has 4 nitrogen and oxygen atoms in total. The van der Waals surface area contributed by atoms with Gasteiger partial charge in [-0.3, -0.25) is 4.99 Å². The zero-order valence-electron chi connectivity index (χ0n) is 10.4. The summed E-state index contributed by atoms with van der Waals surface area (Å²) in [5.41, 5.74) is 1.14. The van der Waals surface area contributed by atoms with Crippen LogP contribution < -0.4 is 10.6 Å². The van der Waals surface area contributed by atoms with Crippen molar-refractivity contribution in [1.29, 1.82) is 0 Å². The smallest absolute Gasteiger partial charge is 0.192 e. The Kier molecular flexibility index (Phi) is 5.50. The summed E-state index contributed by atoms with van der Waals surface area (Å²) in [6.07, 6.45) is 5.17. The number of rotatable bonds is 4. The quantitative estimate of drug-likeness (QED) is 0.484. The predicted molar refractivity (Wildman–Crippen MR) is 73.2 cm³/mol. The highest BCUT2D eigenvalue weighted by molar-refractivity contribution is 7.09. The zero-order chi connectivity index (χ0) is 12.7. The molecule has 0 aromatic carbocycles. The Bertz CT molecular complexity index is 414. The Morgan fingerprint density at radius 2 is 2.35 bits per heavy atom. The first-order chi connectivity index (χ1) is 8.17. The van der Waals surface area contributed by atoms with Crippen LogP contribution in [0.2, 0.25) is 0 Å². The molecule has 0 saturated carbocycles. The molecule has 0 spiro atoms. The van der Waals surface area contributed by atoms with Crippen molar-refractivity contribution in [3.8, 4) is 12.3 Å². The fourth-order valence-corrected chi connectivity index (χ4v) is 2.08. The lowest BCUT2D eigenvalue weighted by Crippen LogP contribution is -2.36. The van der Waals surface area contributed by atoms with Crippen LogP contribution in [0, 0.1) is 12.3 Å². The van der Waals surface area contributed by atoms with Crippen molar-refractivity contribution in [2.24, 2.45) is 4.99 Å². The Morgan fingerprint density at radius 3 is 2.88 bits per heavy atom. The summed E-state index contributed by atoms with van der Waals surface area (Å²) >= 11 is 1.66. The van der Waals surface area contributed by atoms with Crippen LogP contribution in [0.4, 0.5) is 0 Å². The minimum atomic E-state index is 0.467. The molecule has 1 aromatic rings. The Hall–Kier alpha value is -1.54. The van der Waals surface area contributed by atoms with Crippen molar-refractivity contribution in [2.45, 2.75) is 26.3 Å². The van der Waals surface area contributed by atoms with Crippen molar-refractivity contribution in [3.63, 3.8) is 0 Å². The van der Waals surface area contributed by atoms with E-state index in [1.165, 1.54) is 0 Å². The Morgan fingerprint density at radius 1 is 1.59 bits per heavy atom. The molecule has 17 heavy (non-hydrogen) atoms. The number of thiazole rings is 1. The molecule has 0 amide bonds. The molecule has 0 aliphatic rings. The first-order valence-electron chi connectivity index (χ1n) is 5.49. The van der Waals surface area contributed by atoms with Gasteiger partial charge in [0, 0.05) is 12.4 Å². The molecule has 0 fully saturated rings. The van der Waals surface area contributed by atoms with Crippen LogP contribution in [0.3, 0.4) is 0 Å². The molecule has 0 radical (unpaired) electrons. The van der Waals surface area contributed by atoms with Gasteiger partial charge in [0.25, 0.3) is 0 Å². The van der Waals surface area contributed by atoms with Crippen LogP contribution >= 0.6 is 11.3 Å². The SMILES string of the molecule is C#CCNC(=NC)NCc1nc(C(C)C)cs1. The van der Waals surface area contributed by atoms with Crippen molar-refractivity contribution < 1.29 is 0 Å². The lowest BCUT2D eigenvalue weighted by molar-refractivity contribution is 0.799. The average Bonchev–Trinajstić information content (AvgIpc) is 2.78. The number of nitrogens with one attached hydrogen (secondary N) is 2. The fraction of sp³-hybridized carbons (Fsp3) is 0.500. The van der Waals surface area contributed by atoms with Gasteiger partial charge in [0.05, 0.1) is 18.8 Å². The van der Waals surface area contributed by atoms with Crippen molar-refractivity contribution in [1.82, 2.24) is 15.6 Å². The van der Waals surface area contributed by atoms with Gasteiger partial charge in [0.15, 0.2) is 5.96 Å². The van der Waals surface area contributed by atoms with Crippen LogP contribution in [0.25, 0.3) is 0 Å². The molecule has 5 heteroatoms. The summed E-state index contributed by atoms with van der Waals surface area (Å²) in [7, 11) is 1.72. The van der Waals surface area contributed by atoms with E-state index in [-0.39, 0.29) is 0 Å². The van der Waals surface area contributed by atoms with E-state index >= 15 is 0 Å². The molecule has 0 aliphatic heterocycles. The first kappa shape index (κ1) is 13.5. The molecule has 0 bridgehead atoms. The van der Waals surface area contributed by atoms with Gasteiger partial charge < -0.3 is 10.6 Å². The van der Waals surface area contributed by atoms with Gasteiger partial charge >= 0.3 is 0 Å². The molecule has 2 N–H and O–H groups in total. The molecule has 0 aliphatic carbocycles. The lowest BCUT2D eigenvalue weighted by atomic mass is 10.2. The summed E-state index contributed by atoms with van der Waals surface area (Å²) < 4.78 is 0. The van der Waals surface area contributed by atoms with Crippen molar-refractivity contribution in [2.75, 3.05) is 13.6 Å². The standard InChI is InChI=1S/C12H18N4S/c1-5-6-14-12(13-4)15-7-11-16-10(8-17-11)9(2)3/h1,8-9H,6-7H2,2-4H3,(H2,13,14,15). The third-order valence-corrected chi connectivity index (χ3v) is 3.02. The van der Waals surface area contributed by atoms with Crippen LogP contribution in [0.15, 0.2) is 10.4 Å². The number of hydrogen-bond acceptors (Lipinski definition) is 3. The molecule has 1 aromatic heterocycles. The zero-order valence-corrected chi connectivity index (χ0v) is 11.3. The maximum absolute atomic E-state index is 5.17. The minimum Gasteiger partial charge on any atom is -0.350 e. The van der Waals surface area contributed by atoms with E-state index in [2.05, 4.69) is 45.8 Å². The van der Waals surface area contributed by atoms with E-state index in [1.807, 2.05) is 0 Å².